The van der Waals surface area contributed by atoms with Crippen molar-refractivity contribution in [2.45, 2.75) is 31.3 Å². The van der Waals surface area contributed by atoms with E-state index in [1.54, 1.807) is 0 Å². The largest absolute Gasteiger partial charge is 0.312 e. The summed E-state index contributed by atoms with van der Waals surface area (Å²) in [6, 6.07) is 11.4. The van der Waals surface area contributed by atoms with Crippen LogP contribution in [0.25, 0.3) is 0 Å². The van der Waals surface area contributed by atoms with Crippen molar-refractivity contribution in [1.29, 1.82) is 0 Å². The molecule has 2 aliphatic rings. The highest BCUT2D eigenvalue weighted by molar-refractivity contribution is 7.91. The van der Waals surface area contributed by atoms with Gasteiger partial charge < -0.3 is 5.32 Å². The van der Waals surface area contributed by atoms with Crippen LogP contribution in [-0.2, 0) is 9.84 Å². The average Bonchev–Trinajstić information content (AvgIpc) is 3.29. The zero-order chi connectivity index (χ0) is 14.7. The summed E-state index contributed by atoms with van der Waals surface area (Å²) in [6.07, 6.45) is 3.29. The van der Waals surface area contributed by atoms with Gasteiger partial charge in [0.1, 0.15) is 0 Å². The van der Waals surface area contributed by atoms with Crippen molar-refractivity contribution < 1.29 is 8.42 Å². The summed E-state index contributed by atoms with van der Waals surface area (Å²) in [5.74, 6) is 0.626. The van der Waals surface area contributed by atoms with Crippen LogP contribution in [0.5, 0.6) is 0 Å². The molecule has 21 heavy (non-hydrogen) atoms. The Kier molecular flexibility index (Phi) is 4.62. The van der Waals surface area contributed by atoms with Crippen LogP contribution >= 0.6 is 0 Å². The van der Waals surface area contributed by atoms with Crippen molar-refractivity contribution in [3.05, 3.63) is 35.9 Å². The maximum atomic E-state index is 11.8. The Morgan fingerprint density at radius 2 is 1.90 bits per heavy atom. The van der Waals surface area contributed by atoms with Crippen molar-refractivity contribution in [3.63, 3.8) is 0 Å². The lowest BCUT2D eigenvalue weighted by Gasteiger charge is -2.31. The van der Waals surface area contributed by atoms with Crippen LogP contribution in [-0.4, -0.2) is 50.5 Å². The fourth-order valence-corrected chi connectivity index (χ4v) is 4.25. The first-order chi connectivity index (χ1) is 10.1. The predicted molar refractivity (Wildman–Crippen MR) is 85.1 cm³/mol. The van der Waals surface area contributed by atoms with E-state index in [-0.39, 0.29) is 6.04 Å². The molecule has 0 radical (unpaired) electrons. The molecule has 1 aliphatic heterocycles. The minimum absolute atomic E-state index is 0.278. The van der Waals surface area contributed by atoms with Gasteiger partial charge in [-0.3, -0.25) is 4.90 Å². The Bertz CT molecular complexity index is 555. The van der Waals surface area contributed by atoms with Gasteiger partial charge in [0.05, 0.1) is 11.5 Å². The van der Waals surface area contributed by atoms with Gasteiger partial charge in [0.15, 0.2) is 9.84 Å². The number of nitrogens with one attached hydrogen (secondary N) is 1. The van der Waals surface area contributed by atoms with Crippen molar-refractivity contribution >= 4 is 9.84 Å². The Labute approximate surface area is 127 Å². The Hall–Kier alpha value is -0.910. The second-order valence-electron chi connectivity index (χ2n) is 6.15. The summed E-state index contributed by atoms with van der Waals surface area (Å²) >= 11 is 0. The first kappa shape index (κ1) is 15.0. The molecule has 1 N–H and O–H groups in total. The number of nitrogens with zero attached hydrogens (tertiary/aromatic N) is 1. The molecule has 116 valence electrons. The van der Waals surface area contributed by atoms with Gasteiger partial charge in [-0.05, 0) is 31.4 Å². The lowest BCUT2D eigenvalue weighted by atomic mass is 10.0. The van der Waals surface area contributed by atoms with Crippen LogP contribution in [0.4, 0.5) is 0 Å². The van der Waals surface area contributed by atoms with E-state index in [0.29, 0.717) is 24.1 Å². The fourth-order valence-electron chi connectivity index (χ4n) is 2.97. The molecule has 2 fully saturated rings. The van der Waals surface area contributed by atoms with Crippen LogP contribution in [0.15, 0.2) is 30.3 Å². The molecule has 3 rings (SSSR count). The van der Waals surface area contributed by atoms with E-state index >= 15 is 0 Å². The van der Waals surface area contributed by atoms with Crippen molar-refractivity contribution in [3.8, 4) is 0 Å². The van der Waals surface area contributed by atoms with Crippen molar-refractivity contribution in [2.75, 3.05) is 31.1 Å². The molecule has 1 heterocycles. The second-order valence-corrected chi connectivity index (χ2v) is 8.45. The molecule has 1 aliphatic carbocycles. The van der Waals surface area contributed by atoms with Gasteiger partial charge in [0.25, 0.3) is 0 Å². The first-order valence-electron chi connectivity index (χ1n) is 7.87. The quantitative estimate of drug-likeness (QED) is 0.898. The molecule has 5 heteroatoms. The van der Waals surface area contributed by atoms with Crippen LogP contribution < -0.4 is 5.32 Å². The van der Waals surface area contributed by atoms with Gasteiger partial charge in [-0.1, -0.05) is 30.3 Å². The molecule has 1 aromatic carbocycles. The topological polar surface area (TPSA) is 49.4 Å². The minimum Gasteiger partial charge on any atom is -0.312 e. The summed E-state index contributed by atoms with van der Waals surface area (Å²) in [6.45, 7) is 2.42. The number of rotatable bonds is 5. The lowest BCUT2D eigenvalue weighted by Crippen LogP contribution is -2.38. The lowest BCUT2D eigenvalue weighted by molar-refractivity contribution is 0.207. The normalized spacial score (nSPS) is 24.4. The smallest absolute Gasteiger partial charge is 0.151 e. The maximum absolute atomic E-state index is 11.8. The van der Waals surface area contributed by atoms with Crippen LogP contribution in [0, 0.1) is 0 Å². The molecule has 1 atom stereocenters. The highest BCUT2D eigenvalue weighted by atomic mass is 32.2. The van der Waals surface area contributed by atoms with Gasteiger partial charge in [-0.15, -0.1) is 0 Å². The molecule has 0 bridgehead atoms. The number of sulfone groups is 1. The van der Waals surface area contributed by atoms with Gasteiger partial charge >= 0.3 is 0 Å². The maximum Gasteiger partial charge on any atom is 0.151 e. The van der Waals surface area contributed by atoms with Gasteiger partial charge in [-0.2, -0.15) is 0 Å². The minimum atomic E-state index is -2.85. The van der Waals surface area contributed by atoms with Crippen molar-refractivity contribution in [1.82, 2.24) is 10.2 Å². The molecule has 1 aromatic rings. The van der Waals surface area contributed by atoms with Crippen LogP contribution in [0.2, 0.25) is 0 Å². The SMILES string of the molecule is O=S1(=O)CCCN(C(CNC2CC2)c2ccccc2)CC1. The van der Waals surface area contributed by atoms with Gasteiger partial charge in [0.2, 0.25) is 0 Å². The molecule has 0 spiro atoms. The Morgan fingerprint density at radius 3 is 2.62 bits per heavy atom. The highest BCUT2D eigenvalue weighted by Crippen LogP contribution is 2.25. The first-order valence-corrected chi connectivity index (χ1v) is 9.69. The number of hydrogen-bond acceptors (Lipinski definition) is 4. The van der Waals surface area contributed by atoms with Crippen LogP contribution in [0.3, 0.4) is 0 Å². The monoisotopic (exact) mass is 308 g/mol. The average molecular weight is 308 g/mol. The van der Waals surface area contributed by atoms with Crippen LogP contribution in [0.1, 0.15) is 30.9 Å². The third-order valence-electron chi connectivity index (χ3n) is 4.39. The third-order valence-corrected chi connectivity index (χ3v) is 6.11. The van der Waals surface area contributed by atoms with E-state index < -0.39 is 9.84 Å². The Balaban J connectivity index is 1.73. The highest BCUT2D eigenvalue weighted by Gasteiger charge is 2.28. The molecule has 1 saturated heterocycles. The molecule has 1 unspecified atom stereocenters. The zero-order valence-electron chi connectivity index (χ0n) is 12.4. The third kappa shape index (κ3) is 4.28. The summed E-state index contributed by atoms with van der Waals surface area (Å²) in [7, 11) is -2.85. The number of benzene rings is 1. The molecular formula is C16H24N2O2S. The van der Waals surface area contributed by atoms with E-state index in [1.807, 2.05) is 6.07 Å². The predicted octanol–water partition coefficient (Wildman–Crippen LogP) is 1.60. The summed E-state index contributed by atoms with van der Waals surface area (Å²) in [5, 5.41) is 3.60. The molecule has 4 nitrogen and oxygen atoms in total. The standard InChI is InChI=1S/C16H24N2O2S/c19-21(20)11-4-9-18(10-12-21)16(13-17-15-7-8-15)14-5-2-1-3-6-14/h1-3,5-6,15-17H,4,7-13H2. The van der Waals surface area contributed by atoms with E-state index in [9.17, 15) is 8.42 Å². The van der Waals surface area contributed by atoms with Gasteiger partial charge in [-0.25, -0.2) is 8.42 Å². The second kappa shape index (κ2) is 6.46. The zero-order valence-corrected chi connectivity index (χ0v) is 13.2. The van der Waals surface area contributed by atoms with Gasteiger partial charge in [0, 0.05) is 25.2 Å². The summed E-state index contributed by atoms with van der Waals surface area (Å²) in [4.78, 5) is 2.34. The fraction of sp³-hybridized carbons (Fsp3) is 0.625. The molecule has 0 amide bonds. The molecular weight excluding hydrogens is 284 g/mol. The number of hydrogen-bond donors (Lipinski definition) is 1. The van der Waals surface area contributed by atoms with E-state index in [1.165, 1.54) is 18.4 Å². The summed E-state index contributed by atoms with van der Waals surface area (Å²) in [5.41, 5.74) is 1.28. The van der Waals surface area contributed by atoms with Crippen molar-refractivity contribution in [2.24, 2.45) is 0 Å². The molecule has 0 aromatic heterocycles. The van der Waals surface area contributed by atoms with E-state index in [4.69, 9.17) is 0 Å². The molecule has 1 saturated carbocycles. The van der Waals surface area contributed by atoms with E-state index in [2.05, 4.69) is 34.5 Å². The van der Waals surface area contributed by atoms with E-state index in [0.717, 1.165) is 19.5 Å². The summed E-state index contributed by atoms with van der Waals surface area (Å²) < 4.78 is 23.6. The Morgan fingerprint density at radius 1 is 1.14 bits per heavy atom.